The van der Waals surface area contributed by atoms with Crippen LogP contribution in [0.2, 0.25) is 0 Å². The molecule has 1 aliphatic rings. The number of methoxy groups -OCH3 is 1. The fourth-order valence-electron chi connectivity index (χ4n) is 3.14. The highest BCUT2D eigenvalue weighted by Gasteiger charge is 2.36. The number of ether oxygens (including phenoxy) is 2. The predicted molar refractivity (Wildman–Crippen MR) is 95.1 cm³/mol. The lowest BCUT2D eigenvalue weighted by Gasteiger charge is -2.36. The molecule has 2 rings (SSSR count). The first-order valence-corrected chi connectivity index (χ1v) is 8.95. The molecule has 0 fully saturated rings. The first-order chi connectivity index (χ1) is 11.0. The Morgan fingerprint density at radius 1 is 1.35 bits per heavy atom. The molecule has 1 heterocycles. The summed E-state index contributed by atoms with van der Waals surface area (Å²) >= 11 is 1.45. The van der Waals surface area contributed by atoms with E-state index in [4.69, 9.17) is 15.2 Å². The summed E-state index contributed by atoms with van der Waals surface area (Å²) in [5, 5.41) is 9.59. The van der Waals surface area contributed by atoms with Gasteiger partial charge in [0, 0.05) is 12.5 Å². The highest BCUT2D eigenvalue weighted by Crippen LogP contribution is 2.47. The molecule has 0 aliphatic heterocycles. The minimum atomic E-state index is -0.0155. The lowest BCUT2D eigenvalue weighted by molar-refractivity contribution is 0.0729. The second kappa shape index (κ2) is 7.93. The Kier molecular flexibility index (Phi) is 6.18. The normalized spacial score (nSPS) is 21.5. The molecular formula is C17H27N3O2S. The molecule has 1 aliphatic carbocycles. The maximum atomic E-state index is 6.09. The Bertz CT molecular complexity index is 594. The molecule has 0 amide bonds. The van der Waals surface area contributed by atoms with Crippen LogP contribution < -0.4 is 5.73 Å². The van der Waals surface area contributed by atoms with Gasteiger partial charge in [0.1, 0.15) is 17.4 Å². The molecule has 0 bridgehead atoms. The average Bonchev–Trinajstić information content (AvgIpc) is 2.95. The van der Waals surface area contributed by atoms with Crippen molar-refractivity contribution >= 4 is 22.0 Å². The number of nitrogens with two attached hydrogens (primary N) is 1. The van der Waals surface area contributed by atoms with Gasteiger partial charge in [-0.15, -0.1) is 10.2 Å². The Hall–Kier alpha value is -1.40. The standard InChI is InChI=1S/C17H27N3O2S/c1-5-6-7-17(3)11-13(15-19-20-16(18)23-15)10-12(2)14(17)22-9-8-21-4/h10H,5-9,11H2,1-4H3,(H2,18,20). The van der Waals surface area contributed by atoms with E-state index in [-0.39, 0.29) is 5.41 Å². The fourth-order valence-corrected chi connectivity index (χ4v) is 3.76. The molecule has 128 valence electrons. The molecule has 0 radical (unpaired) electrons. The molecule has 23 heavy (non-hydrogen) atoms. The van der Waals surface area contributed by atoms with E-state index in [1.807, 2.05) is 0 Å². The van der Waals surface area contributed by atoms with E-state index in [0.717, 1.165) is 29.2 Å². The van der Waals surface area contributed by atoms with Gasteiger partial charge in [0.15, 0.2) is 0 Å². The van der Waals surface area contributed by atoms with Crippen molar-refractivity contribution in [2.24, 2.45) is 5.41 Å². The lowest BCUT2D eigenvalue weighted by atomic mass is 9.73. The van der Waals surface area contributed by atoms with Crippen LogP contribution in [0.5, 0.6) is 0 Å². The van der Waals surface area contributed by atoms with Crippen molar-refractivity contribution in [1.82, 2.24) is 10.2 Å². The van der Waals surface area contributed by atoms with Gasteiger partial charge in [0.05, 0.1) is 6.61 Å². The molecule has 1 aromatic rings. The second-order valence-electron chi connectivity index (χ2n) is 6.31. The minimum Gasteiger partial charge on any atom is -0.495 e. The molecule has 0 spiro atoms. The van der Waals surface area contributed by atoms with Gasteiger partial charge in [0.25, 0.3) is 0 Å². The minimum absolute atomic E-state index is 0.0155. The molecule has 2 N–H and O–H groups in total. The van der Waals surface area contributed by atoms with Crippen LogP contribution in [0.15, 0.2) is 17.4 Å². The van der Waals surface area contributed by atoms with Crippen LogP contribution >= 0.6 is 11.3 Å². The van der Waals surface area contributed by atoms with Crippen molar-refractivity contribution in [2.45, 2.75) is 46.5 Å². The third-order valence-corrected chi connectivity index (χ3v) is 5.04. The van der Waals surface area contributed by atoms with Crippen LogP contribution in [0.4, 0.5) is 5.13 Å². The third-order valence-electron chi connectivity index (χ3n) is 4.21. The molecule has 6 heteroatoms. The summed E-state index contributed by atoms with van der Waals surface area (Å²) in [6, 6.07) is 0. The lowest BCUT2D eigenvalue weighted by Crippen LogP contribution is -2.26. The summed E-state index contributed by atoms with van der Waals surface area (Å²) in [5.41, 5.74) is 8.09. The Balaban J connectivity index is 2.30. The number of unbranched alkanes of at least 4 members (excludes halogenated alkanes) is 1. The number of nitrogen functional groups attached to an aromatic ring is 1. The van der Waals surface area contributed by atoms with E-state index >= 15 is 0 Å². The Morgan fingerprint density at radius 2 is 2.13 bits per heavy atom. The summed E-state index contributed by atoms with van der Waals surface area (Å²) in [6.07, 6.45) is 6.50. The largest absolute Gasteiger partial charge is 0.495 e. The smallest absolute Gasteiger partial charge is 0.203 e. The molecule has 0 saturated carbocycles. The summed E-state index contributed by atoms with van der Waals surface area (Å²) in [6.45, 7) is 7.79. The molecule has 0 saturated heterocycles. The summed E-state index contributed by atoms with van der Waals surface area (Å²) in [7, 11) is 1.69. The summed E-state index contributed by atoms with van der Waals surface area (Å²) < 4.78 is 11.2. The SMILES string of the molecule is CCCCC1(C)CC(c2nnc(N)s2)=CC(C)=C1OCCOC. The second-order valence-corrected chi connectivity index (χ2v) is 7.32. The van der Waals surface area contributed by atoms with E-state index in [2.05, 4.69) is 37.0 Å². The van der Waals surface area contributed by atoms with Crippen LogP contribution in [0.1, 0.15) is 51.5 Å². The first-order valence-electron chi connectivity index (χ1n) is 8.13. The number of aromatic nitrogens is 2. The van der Waals surface area contributed by atoms with Gasteiger partial charge in [-0.2, -0.15) is 0 Å². The van der Waals surface area contributed by atoms with Crippen LogP contribution in [0.25, 0.3) is 5.57 Å². The number of nitrogens with zero attached hydrogens (tertiary/aromatic N) is 2. The van der Waals surface area contributed by atoms with Crippen molar-refractivity contribution in [3.8, 4) is 0 Å². The Labute approximate surface area is 142 Å². The van der Waals surface area contributed by atoms with Crippen LogP contribution in [0, 0.1) is 5.41 Å². The molecule has 0 aromatic carbocycles. The number of allylic oxidation sites excluding steroid dienone is 4. The van der Waals surface area contributed by atoms with Crippen molar-refractivity contribution in [1.29, 1.82) is 0 Å². The van der Waals surface area contributed by atoms with Gasteiger partial charge in [-0.25, -0.2) is 0 Å². The van der Waals surface area contributed by atoms with Crippen molar-refractivity contribution < 1.29 is 9.47 Å². The zero-order valence-corrected chi connectivity index (χ0v) is 15.3. The van der Waals surface area contributed by atoms with Gasteiger partial charge >= 0.3 is 0 Å². The monoisotopic (exact) mass is 337 g/mol. The van der Waals surface area contributed by atoms with E-state index in [1.165, 1.54) is 29.8 Å². The number of anilines is 1. The zero-order valence-electron chi connectivity index (χ0n) is 14.5. The van der Waals surface area contributed by atoms with Gasteiger partial charge in [-0.05, 0) is 37.0 Å². The van der Waals surface area contributed by atoms with E-state index in [1.54, 1.807) is 7.11 Å². The van der Waals surface area contributed by atoms with Crippen molar-refractivity contribution in [3.05, 3.63) is 22.4 Å². The molecular weight excluding hydrogens is 310 g/mol. The number of hydrogen-bond acceptors (Lipinski definition) is 6. The van der Waals surface area contributed by atoms with Crippen LogP contribution in [-0.4, -0.2) is 30.5 Å². The van der Waals surface area contributed by atoms with Gasteiger partial charge in [-0.1, -0.05) is 38.0 Å². The summed E-state index contributed by atoms with van der Waals surface area (Å²) in [4.78, 5) is 0. The third kappa shape index (κ3) is 4.32. The predicted octanol–water partition coefficient (Wildman–Crippen LogP) is 4.04. The number of rotatable bonds is 8. The highest BCUT2D eigenvalue weighted by molar-refractivity contribution is 7.16. The quantitative estimate of drug-likeness (QED) is 0.725. The van der Waals surface area contributed by atoms with Crippen molar-refractivity contribution in [3.63, 3.8) is 0 Å². The van der Waals surface area contributed by atoms with Gasteiger partial charge in [0.2, 0.25) is 5.13 Å². The summed E-state index contributed by atoms with van der Waals surface area (Å²) in [5.74, 6) is 1.09. The molecule has 5 nitrogen and oxygen atoms in total. The average molecular weight is 337 g/mol. The van der Waals surface area contributed by atoms with E-state index < -0.39 is 0 Å². The van der Waals surface area contributed by atoms with Crippen LogP contribution in [0.3, 0.4) is 0 Å². The Morgan fingerprint density at radius 3 is 2.74 bits per heavy atom. The van der Waals surface area contributed by atoms with Crippen LogP contribution in [-0.2, 0) is 9.47 Å². The van der Waals surface area contributed by atoms with Crippen molar-refractivity contribution in [2.75, 3.05) is 26.1 Å². The maximum Gasteiger partial charge on any atom is 0.203 e. The maximum absolute atomic E-state index is 6.09. The molecule has 1 unspecified atom stereocenters. The molecule has 1 aromatic heterocycles. The van der Waals surface area contributed by atoms with Gasteiger partial charge < -0.3 is 15.2 Å². The first kappa shape index (κ1) is 17.9. The molecule has 1 atom stereocenters. The number of hydrogen-bond donors (Lipinski definition) is 1. The fraction of sp³-hybridized carbons (Fsp3) is 0.647. The highest BCUT2D eigenvalue weighted by atomic mass is 32.1. The van der Waals surface area contributed by atoms with E-state index in [0.29, 0.717) is 18.3 Å². The topological polar surface area (TPSA) is 70.3 Å². The van der Waals surface area contributed by atoms with Gasteiger partial charge in [-0.3, -0.25) is 0 Å². The van der Waals surface area contributed by atoms with E-state index in [9.17, 15) is 0 Å². The zero-order chi connectivity index (χ0) is 16.9.